The summed E-state index contributed by atoms with van der Waals surface area (Å²) in [5.41, 5.74) is 0.707. The van der Waals surface area contributed by atoms with Gasteiger partial charge in [-0.25, -0.2) is 4.39 Å². The molecule has 1 aromatic carbocycles. The minimum atomic E-state index is -0.440. The van der Waals surface area contributed by atoms with Crippen molar-refractivity contribution in [1.29, 1.82) is 0 Å². The number of alkyl halides is 1. The fourth-order valence-corrected chi connectivity index (χ4v) is 1.89. The van der Waals surface area contributed by atoms with E-state index in [1.807, 2.05) is 18.2 Å². The summed E-state index contributed by atoms with van der Waals surface area (Å²) < 4.78 is 12.4. The zero-order valence-electron chi connectivity index (χ0n) is 7.20. The van der Waals surface area contributed by atoms with Gasteiger partial charge in [-0.2, -0.15) is 0 Å². The van der Waals surface area contributed by atoms with Gasteiger partial charge in [-0.15, -0.1) is 11.8 Å². The zero-order valence-corrected chi connectivity index (χ0v) is 8.02. The van der Waals surface area contributed by atoms with Gasteiger partial charge >= 0.3 is 0 Å². The highest BCUT2D eigenvalue weighted by Crippen LogP contribution is 2.23. The fraction of sp³-hybridized carbons (Fsp3) is 0.300. The Morgan fingerprint density at radius 2 is 2.15 bits per heavy atom. The van der Waals surface area contributed by atoms with Gasteiger partial charge in [-0.05, 0) is 11.6 Å². The molecule has 1 nitrogen and oxygen atoms in total. The lowest BCUT2D eigenvalue weighted by Crippen LogP contribution is -1.86. The lowest BCUT2D eigenvalue weighted by atomic mass is 10.2. The van der Waals surface area contributed by atoms with Crippen LogP contribution in [-0.4, -0.2) is 12.0 Å². The van der Waals surface area contributed by atoms with Crippen LogP contribution in [0, 0.1) is 0 Å². The Balaban J connectivity index is 2.58. The molecule has 0 aliphatic carbocycles. The van der Waals surface area contributed by atoms with Crippen molar-refractivity contribution in [3.8, 4) is 0 Å². The Morgan fingerprint density at radius 1 is 1.38 bits per heavy atom. The van der Waals surface area contributed by atoms with E-state index < -0.39 is 6.67 Å². The smallest absolute Gasteiger partial charge is 0.120 e. The topological polar surface area (TPSA) is 17.1 Å². The van der Waals surface area contributed by atoms with Gasteiger partial charge in [-0.1, -0.05) is 18.2 Å². The summed E-state index contributed by atoms with van der Waals surface area (Å²) in [7, 11) is 0. The van der Waals surface area contributed by atoms with Crippen molar-refractivity contribution in [3.63, 3.8) is 0 Å². The molecule has 0 radical (unpaired) electrons. The minimum absolute atomic E-state index is 0.440. The van der Waals surface area contributed by atoms with E-state index in [0.717, 1.165) is 16.9 Å². The van der Waals surface area contributed by atoms with Gasteiger partial charge in [0.25, 0.3) is 0 Å². The van der Waals surface area contributed by atoms with E-state index >= 15 is 0 Å². The first-order valence-electron chi connectivity index (χ1n) is 4.08. The summed E-state index contributed by atoms with van der Waals surface area (Å²) in [6.45, 7) is -0.440. The summed E-state index contributed by atoms with van der Waals surface area (Å²) in [4.78, 5) is 11.0. The second-order valence-corrected chi connectivity index (χ2v) is 3.68. The SMILES string of the molecule is O=CCCSc1ccccc1CF. The van der Waals surface area contributed by atoms with Crippen LogP contribution in [0.4, 0.5) is 4.39 Å². The lowest BCUT2D eigenvalue weighted by Gasteiger charge is -2.03. The number of carbonyl (C=O) groups is 1. The van der Waals surface area contributed by atoms with Crippen molar-refractivity contribution >= 4 is 18.0 Å². The van der Waals surface area contributed by atoms with Crippen molar-refractivity contribution in [3.05, 3.63) is 29.8 Å². The molecule has 0 unspecified atom stereocenters. The summed E-state index contributed by atoms with van der Waals surface area (Å²) in [5, 5.41) is 0. The Kier molecular flexibility index (Phi) is 4.54. The third-order valence-electron chi connectivity index (χ3n) is 1.61. The first-order chi connectivity index (χ1) is 6.38. The summed E-state index contributed by atoms with van der Waals surface area (Å²) in [5.74, 6) is 0.723. The summed E-state index contributed by atoms with van der Waals surface area (Å²) in [6.07, 6.45) is 1.40. The summed E-state index contributed by atoms with van der Waals surface area (Å²) >= 11 is 1.52. The fourth-order valence-electron chi connectivity index (χ4n) is 0.972. The number of carbonyl (C=O) groups excluding carboxylic acids is 1. The normalized spacial score (nSPS) is 9.92. The third-order valence-corrected chi connectivity index (χ3v) is 2.76. The van der Waals surface area contributed by atoms with Crippen molar-refractivity contribution in [1.82, 2.24) is 0 Å². The lowest BCUT2D eigenvalue weighted by molar-refractivity contribution is -0.107. The third kappa shape index (κ3) is 3.19. The average Bonchev–Trinajstić information content (AvgIpc) is 2.19. The predicted molar refractivity (Wildman–Crippen MR) is 52.7 cm³/mol. The van der Waals surface area contributed by atoms with Gasteiger partial charge < -0.3 is 4.79 Å². The first-order valence-corrected chi connectivity index (χ1v) is 5.07. The number of thioether (sulfide) groups is 1. The van der Waals surface area contributed by atoms with Crippen molar-refractivity contribution in [2.24, 2.45) is 0 Å². The Labute approximate surface area is 81.3 Å². The van der Waals surface area contributed by atoms with E-state index in [0.29, 0.717) is 12.0 Å². The van der Waals surface area contributed by atoms with Gasteiger partial charge in [0.2, 0.25) is 0 Å². The molecule has 1 aromatic rings. The molecule has 0 N–H and O–H groups in total. The maximum Gasteiger partial charge on any atom is 0.120 e. The molecule has 0 aliphatic heterocycles. The van der Waals surface area contributed by atoms with Crippen LogP contribution in [-0.2, 0) is 11.5 Å². The highest BCUT2D eigenvalue weighted by molar-refractivity contribution is 7.99. The highest BCUT2D eigenvalue weighted by atomic mass is 32.2. The number of hydrogen-bond acceptors (Lipinski definition) is 2. The van der Waals surface area contributed by atoms with E-state index in [4.69, 9.17) is 0 Å². The molecule has 0 bridgehead atoms. The van der Waals surface area contributed by atoms with Crippen LogP contribution < -0.4 is 0 Å². The van der Waals surface area contributed by atoms with Crippen molar-refractivity contribution in [2.75, 3.05) is 5.75 Å². The van der Waals surface area contributed by atoms with E-state index in [-0.39, 0.29) is 0 Å². The number of rotatable bonds is 5. The molecule has 0 saturated carbocycles. The van der Waals surface area contributed by atoms with E-state index in [1.54, 1.807) is 6.07 Å². The molecule has 0 amide bonds. The number of aldehydes is 1. The predicted octanol–water partition coefficient (Wildman–Crippen LogP) is 2.84. The first kappa shape index (κ1) is 10.3. The summed E-state index contributed by atoms with van der Waals surface area (Å²) in [6, 6.07) is 7.34. The van der Waals surface area contributed by atoms with E-state index in [1.165, 1.54) is 11.8 Å². The standard InChI is InChI=1S/C10H11FOS/c11-8-9-4-1-2-5-10(9)13-7-3-6-12/h1-2,4-6H,3,7-8H2. The van der Waals surface area contributed by atoms with E-state index in [9.17, 15) is 9.18 Å². The second-order valence-electron chi connectivity index (χ2n) is 2.55. The molecule has 0 atom stereocenters. The highest BCUT2D eigenvalue weighted by Gasteiger charge is 2.00. The van der Waals surface area contributed by atoms with Gasteiger partial charge in [0, 0.05) is 17.1 Å². The van der Waals surface area contributed by atoms with Gasteiger partial charge in [0.05, 0.1) is 0 Å². The van der Waals surface area contributed by atoms with Crippen LogP contribution in [0.25, 0.3) is 0 Å². The van der Waals surface area contributed by atoms with Gasteiger partial charge in [0.1, 0.15) is 13.0 Å². The van der Waals surface area contributed by atoms with Crippen molar-refractivity contribution in [2.45, 2.75) is 18.0 Å². The van der Waals surface area contributed by atoms with Crippen LogP contribution in [0.3, 0.4) is 0 Å². The van der Waals surface area contributed by atoms with Crippen LogP contribution >= 0.6 is 11.8 Å². The number of hydrogen-bond donors (Lipinski definition) is 0. The second kappa shape index (κ2) is 5.75. The molecule has 3 heteroatoms. The van der Waals surface area contributed by atoms with Gasteiger partial charge in [0.15, 0.2) is 0 Å². The number of halogens is 1. The maximum absolute atomic E-state index is 12.4. The average molecular weight is 198 g/mol. The van der Waals surface area contributed by atoms with E-state index in [2.05, 4.69) is 0 Å². The Bertz CT molecular complexity index is 275. The molecule has 0 spiro atoms. The monoisotopic (exact) mass is 198 g/mol. The Morgan fingerprint density at radius 3 is 2.85 bits per heavy atom. The molecule has 70 valence electrons. The van der Waals surface area contributed by atoms with Crippen LogP contribution in [0.2, 0.25) is 0 Å². The maximum atomic E-state index is 12.4. The van der Waals surface area contributed by atoms with Crippen LogP contribution in [0.15, 0.2) is 29.2 Å². The molecule has 1 rings (SSSR count). The zero-order chi connectivity index (χ0) is 9.52. The van der Waals surface area contributed by atoms with Crippen molar-refractivity contribution < 1.29 is 9.18 Å². The molecule has 13 heavy (non-hydrogen) atoms. The minimum Gasteiger partial charge on any atom is -0.303 e. The molecule has 0 heterocycles. The molecule has 0 aliphatic rings. The molecule has 0 aromatic heterocycles. The molecular formula is C10H11FOS. The molecular weight excluding hydrogens is 187 g/mol. The van der Waals surface area contributed by atoms with Crippen LogP contribution in [0.1, 0.15) is 12.0 Å². The largest absolute Gasteiger partial charge is 0.303 e. The molecule has 0 saturated heterocycles. The quantitative estimate of drug-likeness (QED) is 0.411. The van der Waals surface area contributed by atoms with Crippen LogP contribution in [0.5, 0.6) is 0 Å². The molecule has 0 fully saturated rings. The Hall–Kier alpha value is -0.830. The number of benzene rings is 1. The van der Waals surface area contributed by atoms with Gasteiger partial charge in [-0.3, -0.25) is 0 Å².